The minimum Gasteiger partial charge on any atom is -0.289 e. The van der Waals surface area contributed by atoms with E-state index in [0.29, 0.717) is 0 Å². The van der Waals surface area contributed by atoms with Gasteiger partial charge in [-0.05, 0) is 55.6 Å². The van der Waals surface area contributed by atoms with Crippen LogP contribution in [0.4, 0.5) is 0 Å². The zero-order valence-corrected chi connectivity index (χ0v) is 20.8. The van der Waals surface area contributed by atoms with Gasteiger partial charge in [0.1, 0.15) is 0 Å². The molecule has 0 saturated heterocycles. The third kappa shape index (κ3) is 3.52. The van der Waals surface area contributed by atoms with E-state index >= 15 is 0 Å². The van der Waals surface area contributed by atoms with Crippen LogP contribution in [0.2, 0.25) is 0 Å². The van der Waals surface area contributed by atoms with Crippen molar-refractivity contribution in [1.29, 1.82) is 0 Å². The molecule has 0 unspecified atom stereocenters. The van der Waals surface area contributed by atoms with Gasteiger partial charge in [-0.2, -0.15) is 0 Å². The van der Waals surface area contributed by atoms with Crippen molar-refractivity contribution in [3.8, 4) is 55.6 Å². The number of carbonyl (C=O) groups is 1. The second-order valence-corrected chi connectivity index (χ2v) is 9.61. The third-order valence-corrected chi connectivity index (χ3v) is 7.48. The third-order valence-electron chi connectivity index (χ3n) is 7.48. The van der Waals surface area contributed by atoms with Gasteiger partial charge in [-0.15, -0.1) is 0 Å². The minimum atomic E-state index is 0.0897. The zero-order chi connectivity index (χ0) is 25.5. The van der Waals surface area contributed by atoms with Gasteiger partial charge in [0.25, 0.3) is 0 Å². The van der Waals surface area contributed by atoms with Crippen molar-refractivity contribution in [2.45, 2.75) is 0 Å². The summed E-state index contributed by atoms with van der Waals surface area (Å²) in [7, 11) is 0. The van der Waals surface area contributed by atoms with Crippen LogP contribution in [0.5, 0.6) is 0 Å². The summed E-state index contributed by atoms with van der Waals surface area (Å²) in [5, 5.41) is 0. The van der Waals surface area contributed by atoms with E-state index in [2.05, 4.69) is 133 Å². The Bertz CT molecular complexity index is 1680. The van der Waals surface area contributed by atoms with Gasteiger partial charge in [0.05, 0.1) is 0 Å². The van der Waals surface area contributed by atoms with E-state index in [1.165, 1.54) is 0 Å². The fourth-order valence-electron chi connectivity index (χ4n) is 5.79. The van der Waals surface area contributed by atoms with Crippen molar-refractivity contribution in [3.05, 3.63) is 157 Å². The normalized spacial score (nSPS) is 11.7. The number of hydrogen-bond acceptors (Lipinski definition) is 1. The molecule has 0 N–H and O–H groups in total. The van der Waals surface area contributed by atoms with Gasteiger partial charge in [-0.25, -0.2) is 0 Å². The van der Waals surface area contributed by atoms with E-state index in [4.69, 9.17) is 0 Å². The quantitative estimate of drug-likeness (QED) is 0.243. The van der Waals surface area contributed by atoms with Gasteiger partial charge in [0, 0.05) is 11.1 Å². The van der Waals surface area contributed by atoms with Crippen molar-refractivity contribution in [3.63, 3.8) is 0 Å². The summed E-state index contributed by atoms with van der Waals surface area (Å²) in [4.78, 5) is 14.4. The molecule has 0 saturated carbocycles. The first-order valence-electron chi connectivity index (χ1n) is 12.9. The van der Waals surface area contributed by atoms with Crippen LogP contribution < -0.4 is 0 Å². The summed E-state index contributed by atoms with van der Waals surface area (Å²) in [6, 6.07) is 50.0. The zero-order valence-electron chi connectivity index (χ0n) is 20.8. The van der Waals surface area contributed by atoms with Gasteiger partial charge in [-0.1, -0.05) is 146 Å². The molecule has 0 radical (unpaired) electrons. The van der Waals surface area contributed by atoms with Crippen molar-refractivity contribution in [1.82, 2.24) is 0 Å². The molecule has 0 heterocycles. The number of benzene rings is 6. The molecule has 0 bridgehead atoms. The minimum absolute atomic E-state index is 0.0897. The predicted octanol–water partition coefficient (Wildman–Crippen LogP) is 9.57. The first-order valence-corrected chi connectivity index (χ1v) is 12.9. The first-order chi connectivity index (χ1) is 18.8. The molecule has 178 valence electrons. The highest BCUT2D eigenvalue weighted by Gasteiger charge is 2.32. The summed E-state index contributed by atoms with van der Waals surface area (Å²) in [6.45, 7) is 0. The molecule has 6 aromatic carbocycles. The van der Waals surface area contributed by atoms with Crippen LogP contribution >= 0.6 is 0 Å². The van der Waals surface area contributed by atoms with E-state index in [0.717, 1.165) is 66.8 Å². The van der Waals surface area contributed by atoms with Gasteiger partial charge >= 0.3 is 0 Å². The fraction of sp³-hybridized carbons (Fsp3) is 0. The van der Waals surface area contributed by atoms with Crippen LogP contribution in [0, 0.1) is 0 Å². The number of fused-ring (bicyclic) bond motifs is 3. The number of carbonyl (C=O) groups excluding carboxylic acids is 1. The topological polar surface area (TPSA) is 17.1 Å². The van der Waals surface area contributed by atoms with Gasteiger partial charge in [-0.3, -0.25) is 4.79 Å². The van der Waals surface area contributed by atoms with Crippen molar-refractivity contribution in [2.24, 2.45) is 0 Å². The summed E-state index contributed by atoms with van der Waals surface area (Å²) < 4.78 is 0. The number of hydrogen-bond donors (Lipinski definition) is 0. The predicted molar refractivity (Wildman–Crippen MR) is 157 cm³/mol. The van der Waals surface area contributed by atoms with Crippen LogP contribution in [-0.4, -0.2) is 5.78 Å². The maximum atomic E-state index is 14.4. The smallest absolute Gasteiger partial charge is 0.195 e. The van der Waals surface area contributed by atoms with Crippen LogP contribution in [0.1, 0.15) is 15.9 Å². The van der Waals surface area contributed by atoms with Gasteiger partial charge in [0.15, 0.2) is 5.78 Å². The van der Waals surface area contributed by atoms with Crippen molar-refractivity contribution in [2.75, 3.05) is 0 Å². The Hall–Kier alpha value is -5.01. The Morgan fingerprint density at radius 1 is 0.263 bits per heavy atom. The second kappa shape index (κ2) is 9.14. The van der Waals surface area contributed by atoms with Crippen LogP contribution in [-0.2, 0) is 0 Å². The standard InChI is InChI=1S/C37H24O/c38-37-35-31(29-19-9-7-17-27(29)25-13-3-1-4-14-25)21-11-23-33(35)34-24-12-22-32(36(34)37)30-20-10-8-18-28(30)26-15-5-2-6-16-26/h1-24H. The largest absolute Gasteiger partial charge is 0.289 e. The highest BCUT2D eigenvalue weighted by molar-refractivity contribution is 6.28. The Morgan fingerprint density at radius 3 is 0.947 bits per heavy atom. The highest BCUT2D eigenvalue weighted by atomic mass is 16.1. The fourth-order valence-corrected chi connectivity index (χ4v) is 5.79. The summed E-state index contributed by atoms with van der Waals surface area (Å²) in [5.74, 6) is 0.0897. The van der Waals surface area contributed by atoms with Gasteiger partial charge in [0.2, 0.25) is 0 Å². The second-order valence-electron chi connectivity index (χ2n) is 9.61. The van der Waals surface area contributed by atoms with Crippen LogP contribution in [0.3, 0.4) is 0 Å². The summed E-state index contributed by atoms with van der Waals surface area (Å²) >= 11 is 0. The van der Waals surface area contributed by atoms with E-state index in [-0.39, 0.29) is 5.78 Å². The summed E-state index contributed by atoms with van der Waals surface area (Å²) in [6.07, 6.45) is 0. The molecule has 1 aliphatic rings. The molecule has 0 aromatic heterocycles. The molecule has 1 aliphatic carbocycles. The SMILES string of the molecule is O=C1c2c(-c3ccccc3-c3ccccc3)cccc2-c2cccc(-c3ccccc3-c3ccccc3)c21. The Morgan fingerprint density at radius 2 is 0.553 bits per heavy atom. The molecule has 38 heavy (non-hydrogen) atoms. The average molecular weight is 485 g/mol. The average Bonchev–Trinajstić information content (AvgIpc) is 3.30. The molecule has 1 nitrogen and oxygen atoms in total. The lowest BCUT2D eigenvalue weighted by Gasteiger charge is -2.14. The van der Waals surface area contributed by atoms with Crippen molar-refractivity contribution < 1.29 is 4.79 Å². The molecule has 1 heteroatoms. The van der Waals surface area contributed by atoms with E-state index in [1.807, 2.05) is 12.1 Å². The van der Waals surface area contributed by atoms with Crippen LogP contribution in [0.15, 0.2) is 146 Å². The Labute approximate surface area is 222 Å². The maximum Gasteiger partial charge on any atom is 0.195 e. The molecule has 0 amide bonds. The Balaban J connectivity index is 1.43. The van der Waals surface area contributed by atoms with E-state index in [9.17, 15) is 4.79 Å². The highest BCUT2D eigenvalue weighted by Crippen LogP contribution is 2.47. The lowest BCUT2D eigenvalue weighted by atomic mass is 9.89. The summed E-state index contributed by atoms with van der Waals surface area (Å²) in [5.41, 5.74) is 12.2. The van der Waals surface area contributed by atoms with E-state index < -0.39 is 0 Å². The molecule has 0 fully saturated rings. The number of rotatable bonds is 4. The molecule has 0 spiro atoms. The maximum absolute atomic E-state index is 14.4. The number of ketones is 1. The lowest BCUT2D eigenvalue weighted by Crippen LogP contribution is -2.01. The van der Waals surface area contributed by atoms with Crippen molar-refractivity contribution >= 4 is 5.78 Å². The van der Waals surface area contributed by atoms with Crippen LogP contribution in [0.25, 0.3) is 55.6 Å². The molecule has 6 aromatic rings. The molecule has 0 aliphatic heterocycles. The molecule has 7 rings (SSSR count). The monoisotopic (exact) mass is 484 g/mol. The van der Waals surface area contributed by atoms with E-state index in [1.54, 1.807) is 0 Å². The molecule has 0 atom stereocenters. The Kier molecular flexibility index (Phi) is 5.34. The first kappa shape index (κ1) is 22.2. The van der Waals surface area contributed by atoms with Gasteiger partial charge < -0.3 is 0 Å². The lowest BCUT2D eigenvalue weighted by molar-refractivity contribution is 0.104. The molecular weight excluding hydrogens is 460 g/mol. The molecular formula is C37H24O.